The Morgan fingerprint density at radius 1 is 1.16 bits per heavy atom. The molecule has 1 saturated heterocycles. The largest absolute Gasteiger partial charge is 0.492 e. The summed E-state index contributed by atoms with van der Waals surface area (Å²) in [5.74, 6) is 0.745. The molecule has 0 saturated carbocycles. The van der Waals surface area contributed by atoms with Crippen molar-refractivity contribution in [2.24, 2.45) is 0 Å². The number of likely N-dealkylation sites (tertiary alicyclic amines) is 1. The zero-order valence-corrected chi connectivity index (χ0v) is 18.5. The molecule has 2 aromatic carbocycles. The van der Waals surface area contributed by atoms with Gasteiger partial charge >= 0.3 is 0 Å². The van der Waals surface area contributed by atoms with Crippen molar-refractivity contribution in [3.8, 4) is 5.75 Å². The average molecular weight is 436 g/mol. The number of ether oxygens (including phenoxy) is 1. The van der Waals surface area contributed by atoms with Crippen molar-refractivity contribution < 1.29 is 9.53 Å². The molecular formula is C23H29N7O2. The van der Waals surface area contributed by atoms with E-state index >= 15 is 0 Å². The van der Waals surface area contributed by atoms with Gasteiger partial charge in [-0.15, -0.1) is 5.10 Å². The Kier molecular flexibility index (Phi) is 6.55. The molecule has 0 atom stereocenters. The summed E-state index contributed by atoms with van der Waals surface area (Å²) in [7, 11) is 3.83. The van der Waals surface area contributed by atoms with Gasteiger partial charge < -0.3 is 20.7 Å². The van der Waals surface area contributed by atoms with Gasteiger partial charge in [-0.2, -0.15) is 9.67 Å². The molecule has 1 aliphatic heterocycles. The Morgan fingerprint density at radius 3 is 2.62 bits per heavy atom. The summed E-state index contributed by atoms with van der Waals surface area (Å²) in [5, 5.41) is 7.32. The minimum atomic E-state index is -0.339. The minimum absolute atomic E-state index is 0.0228. The lowest BCUT2D eigenvalue weighted by Gasteiger charge is -2.15. The second kappa shape index (κ2) is 9.69. The summed E-state index contributed by atoms with van der Waals surface area (Å²) in [5.41, 5.74) is 8.12. The van der Waals surface area contributed by atoms with Gasteiger partial charge in [-0.05, 0) is 68.4 Å². The second-order valence-electron chi connectivity index (χ2n) is 8.00. The summed E-state index contributed by atoms with van der Waals surface area (Å²) >= 11 is 0. The topological polar surface area (TPSA) is 102 Å². The highest BCUT2D eigenvalue weighted by atomic mass is 16.5. The molecular weight excluding hydrogens is 406 g/mol. The van der Waals surface area contributed by atoms with Crippen molar-refractivity contribution in [2.75, 3.05) is 56.3 Å². The van der Waals surface area contributed by atoms with Gasteiger partial charge in [-0.1, -0.05) is 6.07 Å². The van der Waals surface area contributed by atoms with Gasteiger partial charge in [0.1, 0.15) is 12.4 Å². The Morgan fingerprint density at radius 2 is 1.91 bits per heavy atom. The monoisotopic (exact) mass is 435 g/mol. The number of nitrogens with two attached hydrogens (primary N) is 1. The van der Waals surface area contributed by atoms with Crippen LogP contribution in [0.4, 0.5) is 23.3 Å². The van der Waals surface area contributed by atoms with E-state index in [9.17, 15) is 4.79 Å². The van der Waals surface area contributed by atoms with E-state index in [4.69, 9.17) is 10.5 Å². The molecule has 3 N–H and O–H groups in total. The number of aromatic nitrogens is 3. The molecule has 32 heavy (non-hydrogen) atoms. The molecule has 9 nitrogen and oxygen atoms in total. The maximum Gasteiger partial charge on any atom is 0.281 e. The normalized spacial score (nSPS) is 13.8. The lowest BCUT2D eigenvalue weighted by molar-refractivity contribution is 0.0948. The summed E-state index contributed by atoms with van der Waals surface area (Å²) in [6.07, 6.45) is 2.56. The molecule has 3 aromatic rings. The Bertz CT molecular complexity index is 1060. The molecule has 9 heteroatoms. The van der Waals surface area contributed by atoms with Gasteiger partial charge in [0.15, 0.2) is 0 Å². The first-order chi connectivity index (χ1) is 15.5. The van der Waals surface area contributed by atoms with Gasteiger partial charge in [-0.25, -0.2) is 0 Å². The minimum Gasteiger partial charge on any atom is -0.492 e. The summed E-state index contributed by atoms with van der Waals surface area (Å²) < 4.78 is 6.93. The first-order valence-corrected chi connectivity index (χ1v) is 10.8. The van der Waals surface area contributed by atoms with E-state index < -0.39 is 0 Å². The molecule has 0 amide bonds. The van der Waals surface area contributed by atoms with Crippen LogP contribution < -0.4 is 20.7 Å². The van der Waals surface area contributed by atoms with E-state index in [1.54, 1.807) is 12.1 Å². The highest BCUT2D eigenvalue weighted by molar-refractivity contribution is 5.97. The van der Waals surface area contributed by atoms with Gasteiger partial charge in [0, 0.05) is 37.6 Å². The molecule has 4 rings (SSSR count). The highest BCUT2D eigenvalue weighted by Crippen LogP contribution is 2.20. The van der Waals surface area contributed by atoms with E-state index in [1.807, 2.05) is 55.4 Å². The molecule has 2 heterocycles. The fourth-order valence-electron chi connectivity index (χ4n) is 3.63. The third-order valence-corrected chi connectivity index (χ3v) is 5.42. The number of rotatable bonds is 8. The van der Waals surface area contributed by atoms with Crippen molar-refractivity contribution in [1.29, 1.82) is 0 Å². The van der Waals surface area contributed by atoms with Crippen LogP contribution in [0.15, 0.2) is 48.5 Å². The molecule has 1 aliphatic rings. The highest BCUT2D eigenvalue weighted by Gasteiger charge is 2.17. The van der Waals surface area contributed by atoms with Gasteiger partial charge in [0.2, 0.25) is 11.9 Å². The molecule has 0 unspecified atom stereocenters. The molecule has 1 fully saturated rings. The van der Waals surface area contributed by atoms with Crippen molar-refractivity contribution in [3.05, 3.63) is 54.1 Å². The van der Waals surface area contributed by atoms with Crippen LogP contribution in [0.1, 0.15) is 23.2 Å². The van der Waals surface area contributed by atoms with E-state index in [0.717, 1.165) is 28.4 Å². The first-order valence-electron chi connectivity index (χ1n) is 10.8. The molecule has 0 bridgehead atoms. The van der Waals surface area contributed by atoms with Gasteiger partial charge in [0.25, 0.3) is 5.91 Å². The van der Waals surface area contributed by atoms with E-state index in [2.05, 4.69) is 20.3 Å². The van der Waals surface area contributed by atoms with Crippen molar-refractivity contribution >= 4 is 29.2 Å². The first kappa shape index (κ1) is 21.6. The lowest BCUT2D eigenvalue weighted by atomic mass is 10.2. The van der Waals surface area contributed by atoms with Gasteiger partial charge in [-0.3, -0.25) is 9.69 Å². The molecule has 0 spiro atoms. The van der Waals surface area contributed by atoms with Crippen LogP contribution >= 0.6 is 0 Å². The van der Waals surface area contributed by atoms with Crippen LogP contribution in [0.2, 0.25) is 0 Å². The summed E-state index contributed by atoms with van der Waals surface area (Å²) in [6.45, 7) is 3.95. The van der Waals surface area contributed by atoms with Crippen LogP contribution in [-0.2, 0) is 0 Å². The van der Waals surface area contributed by atoms with E-state index in [1.165, 1.54) is 25.9 Å². The van der Waals surface area contributed by atoms with Crippen molar-refractivity contribution in [3.63, 3.8) is 0 Å². The Hall–Kier alpha value is -3.59. The van der Waals surface area contributed by atoms with E-state index in [0.29, 0.717) is 12.2 Å². The molecule has 1 aromatic heterocycles. The molecule has 0 radical (unpaired) electrons. The molecule has 168 valence electrons. The number of benzene rings is 2. The van der Waals surface area contributed by atoms with Crippen molar-refractivity contribution in [1.82, 2.24) is 19.7 Å². The Labute approximate surface area is 187 Å². The van der Waals surface area contributed by atoms with Crippen LogP contribution in [0.25, 0.3) is 0 Å². The third-order valence-electron chi connectivity index (χ3n) is 5.42. The number of hydrogen-bond donors (Lipinski definition) is 2. The number of hydrogen-bond acceptors (Lipinski definition) is 8. The number of nitrogen functional groups attached to an aromatic ring is 1. The third kappa shape index (κ3) is 5.17. The van der Waals surface area contributed by atoms with Gasteiger partial charge in [0.05, 0.1) is 0 Å². The fourth-order valence-corrected chi connectivity index (χ4v) is 3.63. The maximum atomic E-state index is 12.9. The lowest BCUT2D eigenvalue weighted by Crippen LogP contribution is -2.25. The van der Waals surface area contributed by atoms with Crippen LogP contribution in [0.5, 0.6) is 5.75 Å². The smallest absolute Gasteiger partial charge is 0.281 e. The summed E-state index contributed by atoms with van der Waals surface area (Å²) in [4.78, 5) is 21.4. The quantitative estimate of drug-likeness (QED) is 0.557. The number of carbonyl (C=O) groups is 1. The number of nitrogens with zero attached hydrogens (tertiary/aromatic N) is 5. The molecule has 0 aliphatic carbocycles. The number of nitrogens with one attached hydrogen (secondary N) is 1. The number of anilines is 4. The predicted molar refractivity (Wildman–Crippen MR) is 126 cm³/mol. The number of carbonyl (C=O) groups excluding carboxylic acids is 1. The predicted octanol–water partition coefficient (Wildman–Crippen LogP) is 2.83. The van der Waals surface area contributed by atoms with E-state index in [-0.39, 0.29) is 17.8 Å². The standard InChI is InChI=1S/C23H29N7O2/c1-28(2)19-7-5-6-17(16-19)21(31)30-22(24)26-23(27-30)25-18-8-10-20(11-9-18)32-15-14-29-12-3-4-13-29/h5-11,16H,3-4,12-15H2,1-2H3,(H3,24,25,26,27). The van der Waals surface area contributed by atoms with Crippen molar-refractivity contribution in [2.45, 2.75) is 12.8 Å². The van der Waals surface area contributed by atoms with Crippen LogP contribution in [0.3, 0.4) is 0 Å². The zero-order valence-electron chi connectivity index (χ0n) is 18.5. The van der Waals surface area contributed by atoms with Crippen LogP contribution in [-0.4, -0.2) is 65.9 Å². The Balaban J connectivity index is 1.37. The zero-order chi connectivity index (χ0) is 22.5. The average Bonchev–Trinajstić information content (AvgIpc) is 3.44. The maximum absolute atomic E-state index is 12.9. The SMILES string of the molecule is CN(C)c1cccc(C(=O)n2nc(Nc3ccc(OCCN4CCCC4)cc3)nc2N)c1. The van der Waals surface area contributed by atoms with Crippen LogP contribution in [0, 0.1) is 0 Å². The fraction of sp³-hybridized carbons (Fsp3) is 0.348. The second-order valence-corrected chi connectivity index (χ2v) is 8.00. The summed E-state index contributed by atoms with van der Waals surface area (Å²) in [6, 6.07) is 14.8.